The molecule has 4 aliphatic rings. The van der Waals surface area contributed by atoms with Crippen LogP contribution in [-0.4, -0.2) is 49.3 Å². The van der Waals surface area contributed by atoms with Crippen molar-refractivity contribution in [3.8, 4) is 0 Å². The lowest BCUT2D eigenvalue weighted by molar-refractivity contribution is -0.107. The Morgan fingerprint density at radius 1 is 0.950 bits per heavy atom. The van der Waals surface area contributed by atoms with Gasteiger partial charge in [0.25, 0.3) is 0 Å². The molecule has 0 aromatic carbocycles. The largest absolute Gasteiger partial charge is 0.381 e. The maximum Gasteiger partial charge on any atom is 0.0472 e. The van der Waals surface area contributed by atoms with Gasteiger partial charge in [-0.05, 0) is 45.1 Å². The predicted molar refractivity (Wildman–Crippen MR) is 80.9 cm³/mol. The van der Waals surface area contributed by atoms with Crippen molar-refractivity contribution < 1.29 is 4.74 Å². The molecule has 0 amide bonds. The van der Waals surface area contributed by atoms with Gasteiger partial charge in [-0.15, -0.1) is 0 Å². The van der Waals surface area contributed by atoms with Gasteiger partial charge in [-0.2, -0.15) is 0 Å². The first kappa shape index (κ1) is 13.5. The summed E-state index contributed by atoms with van der Waals surface area (Å²) in [5.41, 5.74) is 1.16. The standard InChI is InChI=1S/C17H30N2O/c1-2-5-17(6-3-1)12-15(4-9-18-17)19-13-16(14-19)7-10-20-11-8-16/h15,18H,1-14H2. The molecular weight excluding hydrogens is 248 g/mol. The summed E-state index contributed by atoms with van der Waals surface area (Å²) in [5, 5.41) is 3.89. The Bertz CT molecular complexity index is 331. The first-order chi connectivity index (χ1) is 9.79. The molecule has 3 nitrogen and oxygen atoms in total. The molecule has 3 heteroatoms. The van der Waals surface area contributed by atoms with Crippen LogP contribution in [-0.2, 0) is 4.74 Å². The fourth-order valence-corrected chi connectivity index (χ4v) is 5.24. The SMILES string of the molecule is C1CCC2(CC1)CC(N1CC3(CCOCC3)C1)CCN2. The van der Waals surface area contributed by atoms with Crippen molar-refractivity contribution in [2.24, 2.45) is 5.41 Å². The lowest BCUT2D eigenvalue weighted by atomic mass is 9.69. The van der Waals surface area contributed by atoms with Crippen LogP contribution in [0.4, 0.5) is 0 Å². The minimum atomic E-state index is 0.513. The minimum absolute atomic E-state index is 0.513. The van der Waals surface area contributed by atoms with Gasteiger partial charge >= 0.3 is 0 Å². The summed E-state index contributed by atoms with van der Waals surface area (Å²) in [5.74, 6) is 0. The van der Waals surface area contributed by atoms with Crippen molar-refractivity contribution in [1.29, 1.82) is 0 Å². The molecule has 1 aliphatic carbocycles. The van der Waals surface area contributed by atoms with E-state index < -0.39 is 0 Å². The van der Waals surface area contributed by atoms with Gasteiger partial charge < -0.3 is 10.1 Å². The third-order valence-electron chi connectivity index (χ3n) is 6.56. The van der Waals surface area contributed by atoms with Gasteiger partial charge in [0.15, 0.2) is 0 Å². The van der Waals surface area contributed by atoms with Crippen LogP contribution in [0.15, 0.2) is 0 Å². The molecular formula is C17H30N2O. The zero-order valence-corrected chi connectivity index (χ0v) is 12.8. The van der Waals surface area contributed by atoms with Crippen molar-refractivity contribution in [3.63, 3.8) is 0 Å². The lowest BCUT2D eigenvalue weighted by Crippen LogP contribution is -2.65. The number of hydrogen-bond acceptors (Lipinski definition) is 3. The highest BCUT2D eigenvalue weighted by atomic mass is 16.5. The van der Waals surface area contributed by atoms with E-state index in [1.807, 2.05) is 0 Å². The number of nitrogens with zero attached hydrogens (tertiary/aromatic N) is 1. The molecule has 4 fully saturated rings. The van der Waals surface area contributed by atoms with Crippen LogP contribution in [0.5, 0.6) is 0 Å². The maximum absolute atomic E-state index is 5.54. The molecule has 0 aromatic rings. The molecule has 3 saturated heterocycles. The molecule has 0 radical (unpaired) electrons. The second-order valence-electron chi connectivity index (χ2n) is 7.93. The number of piperidine rings is 1. The van der Waals surface area contributed by atoms with Gasteiger partial charge in [0.2, 0.25) is 0 Å². The summed E-state index contributed by atoms with van der Waals surface area (Å²) < 4.78 is 5.54. The Morgan fingerprint density at radius 3 is 2.45 bits per heavy atom. The number of hydrogen-bond donors (Lipinski definition) is 1. The summed E-state index contributed by atoms with van der Waals surface area (Å²) in [6.07, 6.45) is 12.6. The Hall–Kier alpha value is -0.120. The smallest absolute Gasteiger partial charge is 0.0472 e. The van der Waals surface area contributed by atoms with Crippen LogP contribution in [0.1, 0.15) is 57.8 Å². The van der Waals surface area contributed by atoms with E-state index in [1.54, 1.807) is 0 Å². The van der Waals surface area contributed by atoms with E-state index in [0.29, 0.717) is 11.0 Å². The number of ether oxygens (including phenoxy) is 1. The number of likely N-dealkylation sites (tertiary alicyclic amines) is 1. The fourth-order valence-electron chi connectivity index (χ4n) is 5.24. The monoisotopic (exact) mass is 278 g/mol. The van der Waals surface area contributed by atoms with E-state index in [1.165, 1.54) is 77.4 Å². The molecule has 3 heterocycles. The second kappa shape index (κ2) is 5.26. The Labute approximate surface area is 123 Å². The average molecular weight is 278 g/mol. The Morgan fingerprint density at radius 2 is 1.70 bits per heavy atom. The zero-order chi connectivity index (χ0) is 13.5. The zero-order valence-electron chi connectivity index (χ0n) is 12.8. The maximum atomic E-state index is 5.54. The topological polar surface area (TPSA) is 24.5 Å². The summed E-state index contributed by atoms with van der Waals surface area (Å²) in [6, 6.07) is 0.864. The van der Waals surface area contributed by atoms with Gasteiger partial charge in [0.05, 0.1) is 0 Å². The molecule has 0 bridgehead atoms. The molecule has 2 spiro atoms. The lowest BCUT2D eigenvalue weighted by Gasteiger charge is -2.58. The van der Waals surface area contributed by atoms with Gasteiger partial charge in [0, 0.05) is 43.3 Å². The number of rotatable bonds is 1. The average Bonchev–Trinajstić information content (AvgIpc) is 2.46. The molecule has 1 atom stereocenters. The van der Waals surface area contributed by atoms with E-state index in [0.717, 1.165) is 19.3 Å². The summed E-state index contributed by atoms with van der Waals surface area (Å²) in [4.78, 5) is 2.81. The van der Waals surface area contributed by atoms with Crippen molar-refractivity contribution in [2.45, 2.75) is 69.4 Å². The minimum Gasteiger partial charge on any atom is -0.381 e. The summed E-state index contributed by atoms with van der Waals surface area (Å²) in [7, 11) is 0. The molecule has 20 heavy (non-hydrogen) atoms. The third kappa shape index (κ3) is 2.42. The molecule has 3 aliphatic heterocycles. The van der Waals surface area contributed by atoms with E-state index >= 15 is 0 Å². The number of nitrogens with one attached hydrogen (secondary N) is 1. The van der Waals surface area contributed by atoms with Crippen LogP contribution in [0, 0.1) is 5.41 Å². The second-order valence-corrected chi connectivity index (χ2v) is 7.93. The van der Waals surface area contributed by atoms with E-state index in [-0.39, 0.29) is 0 Å². The van der Waals surface area contributed by atoms with Crippen LogP contribution >= 0.6 is 0 Å². The first-order valence-electron chi connectivity index (χ1n) is 8.86. The van der Waals surface area contributed by atoms with Crippen LogP contribution < -0.4 is 5.32 Å². The van der Waals surface area contributed by atoms with Crippen molar-refractivity contribution in [3.05, 3.63) is 0 Å². The van der Waals surface area contributed by atoms with Crippen LogP contribution in [0.25, 0.3) is 0 Å². The van der Waals surface area contributed by atoms with Crippen molar-refractivity contribution in [2.75, 3.05) is 32.8 Å². The van der Waals surface area contributed by atoms with Crippen molar-refractivity contribution in [1.82, 2.24) is 10.2 Å². The van der Waals surface area contributed by atoms with Gasteiger partial charge in [-0.3, -0.25) is 4.90 Å². The molecule has 1 saturated carbocycles. The molecule has 4 rings (SSSR count). The highest BCUT2D eigenvalue weighted by molar-refractivity contribution is 5.04. The third-order valence-corrected chi connectivity index (χ3v) is 6.56. The van der Waals surface area contributed by atoms with Gasteiger partial charge in [-0.25, -0.2) is 0 Å². The highest BCUT2D eigenvalue weighted by Crippen LogP contribution is 2.44. The Balaban J connectivity index is 1.35. The Kier molecular flexibility index (Phi) is 3.56. The molecule has 114 valence electrons. The highest BCUT2D eigenvalue weighted by Gasteiger charge is 2.48. The van der Waals surface area contributed by atoms with E-state index in [9.17, 15) is 0 Å². The van der Waals surface area contributed by atoms with Crippen molar-refractivity contribution >= 4 is 0 Å². The molecule has 1 N–H and O–H groups in total. The fraction of sp³-hybridized carbons (Fsp3) is 1.00. The summed E-state index contributed by atoms with van der Waals surface area (Å²) >= 11 is 0. The normalized spacial score (nSPS) is 36.9. The quantitative estimate of drug-likeness (QED) is 0.798. The predicted octanol–water partition coefficient (Wildman–Crippen LogP) is 2.55. The first-order valence-corrected chi connectivity index (χ1v) is 8.86. The van der Waals surface area contributed by atoms with E-state index in [4.69, 9.17) is 4.74 Å². The summed E-state index contributed by atoms with van der Waals surface area (Å²) in [6.45, 7) is 5.97. The van der Waals surface area contributed by atoms with E-state index in [2.05, 4.69) is 10.2 Å². The molecule has 1 unspecified atom stereocenters. The van der Waals surface area contributed by atoms with Crippen LogP contribution in [0.3, 0.4) is 0 Å². The van der Waals surface area contributed by atoms with Gasteiger partial charge in [-0.1, -0.05) is 19.3 Å². The van der Waals surface area contributed by atoms with Gasteiger partial charge in [0.1, 0.15) is 0 Å². The molecule has 0 aromatic heterocycles. The van der Waals surface area contributed by atoms with Crippen LogP contribution in [0.2, 0.25) is 0 Å².